The van der Waals surface area contributed by atoms with Gasteiger partial charge in [-0.1, -0.05) is 0 Å². The van der Waals surface area contributed by atoms with E-state index in [-0.39, 0.29) is 5.69 Å². The zero-order chi connectivity index (χ0) is 14.0. The van der Waals surface area contributed by atoms with Gasteiger partial charge in [0.2, 0.25) is 0 Å². The van der Waals surface area contributed by atoms with E-state index in [2.05, 4.69) is 9.68 Å². The van der Waals surface area contributed by atoms with E-state index in [4.69, 9.17) is 0 Å². The van der Waals surface area contributed by atoms with Gasteiger partial charge in [0, 0.05) is 18.2 Å². The summed E-state index contributed by atoms with van der Waals surface area (Å²) >= 11 is 0. The van der Waals surface area contributed by atoms with Gasteiger partial charge in [-0.2, -0.15) is 13.2 Å². The van der Waals surface area contributed by atoms with E-state index in [9.17, 15) is 22.2 Å². The van der Waals surface area contributed by atoms with Crippen LogP contribution in [0.1, 0.15) is 5.56 Å². The summed E-state index contributed by atoms with van der Waals surface area (Å²) in [5.74, 6) is 0. The van der Waals surface area contributed by atoms with Gasteiger partial charge in [-0.15, -0.1) is 4.36 Å². The molecule has 0 saturated heterocycles. The lowest BCUT2D eigenvalue weighted by Gasteiger charge is -2.07. The molecule has 0 aliphatic carbocycles. The van der Waals surface area contributed by atoms with Crippen molar-refractivity contribution >= 4 is 21.4 Å². The number of rotatable bonds is 1. The highest BCUT2D eigenvalue weighted by molar-refractivity contribution is 7.92. The van der Waals surface area contributed by atoms with Crippen molar-refractivity contribution in [1.82, 2.24) is 0 Å². The molecular formula is C10H11F3N2O2S. The van der Waals surface area contributed by atoms with E-state index in [1.54, 1.807) is 0 Å². The van der Waals surface area contributed by atoms with Gasteiger partial charge in [-0.05, 0) is 24.3 Å². The number of nitrogens with one attached hydrogen (secondary N) is 1. The van der Waals surface area contributed by atoms with Crippen molar-refractivity contribution in [3.05, 3.63) is 29.8 Å². The molecular weight excluding hydrogens is 269 g/mol. The molecule has 0 aliphatic heterocycles. The van der Waals surface area contributed by atoms with E-state index in [1.807, 2.05) is 0 Å². The average Bonchev–Trinajstić information content (AvgIpc) is 2.13. The van der Waals surface area contributed by atoms with Gasteiger partial charge in [0.15, 0.2) is 0 Å². The van der Waals surface area contributed by atoms with Crippen LogP contribution in [-0.2, 0) is 15.9 Å². The average molecular weight is 280 g/mol. The molecule has 0 spiro atoms. The first-order valence-corrected chi connectivity index (χ1v) is 7.06. The molecule has 0 bridgehead atoms. The number of benzene rings is 1. The number of amides is 2. The largest absolute Gasteiger partial charge is 0.416 e. The molecule has 0 fully saturated rings. The molecule has 2 amide bonds. The first-order chi connectivity index (χ1) is 8.08. The standard InChI is InChI=1S/C10H11F3N2O2S/c1-18(2,17)15-9(16)14-8-5-3-7(4-6-8)10(11,12)13/h3-6H,1-2H3,(H,14,16). The Morgan fingerprint density at radius 3 is 2.11 bits per heavy atom. The van der Waals surface area contributed by atoms with Crippen LogP contribution in [0.2, 0.25) is 0 Å². The molecule has 0 aliphatic rings. The van der Waals surface area contributed by atoms with Gasteiger partial charge in [-0.25, -0.2) is 9.00 Å². The predicted molar refractivity (Wildman–Crippen MR) is 62.9 cm³/mol. The second-order valence-electron chi connectivity index (χ2n) is 3.78. The zero-order valence-electron chi connectivity index (χ0n) is 9.62. The van der Waals surface area contributed by atoms with E-state index in [0.717, 1.165) is 24.3 Å². The molecule has 0 unspecified atom stereocenters. The first-order valence-electron chi connectivity index (χ1n) is 4.73. The summed E-state index contributed by atoms with van der Waals surface area (Å²) in [5.41, 5.74) is -0.660. The maximum Gasteiger partial charge on any atom is 0.416 e. The summed E-state index contributed by atoms with van der Waals surface area (Å²) in [4.78, 5) is 11.2. The summed E-state index contributed by atoms with van der Waals surface area (Å²) in [5, 5.41) is 2.23. The lowest BCUT2D eigenvalue weighted by atomic mass is 10.2. The maximum absolute atomic E-state index is 12.3. The second-order valence-corrected chi connectivity index (χ2v) is 6.32. The van der Waals surface area contributed by atoms with Gasteiger partial charge >= 0.3 is 12.2 Å². The second kappa shape index (κ2) is 4.97. The Kier molecular flexibility index (Phi) is 4.00. The van der Waals surface area contributed by atoms with Crippen LogP contribution < -0.4 is 5.32 Å². The quantitative estimate of drug-likeness (QED) is 0.859. The minimum absolute atomic E-state index is 0.153. The summed E-state index contributed by atoms with van der Waals surface area (Å²) in [7, 11) is -2.59. The highest BCUT2D eigenvalue weighted by atomic mass is 32.2. The minimum Gasteiger partial charge on any atom is -0.306 e. The van der Waals surface area contributed by atoms with E-state index >= 15 is 0 Å². The smallest absolute Gasteiger partial charge is 0.306 e. The molecule has 1 aromatic rings. The Morgan fingerprint density at radius 2 is 1.72 bits per heavy atom. The lowest BCUT2D eigenvalue weighted by molar-refractivity contribution is -0.137. The monoisotopic (exact) mass is 280 g/mol. The number of hydrogen-bond acceptors (Lipinski definition) is 2. The SMILES string of the molecule is CS(C)(=O)=NC(=O)Nc1ccc(C(F)(F)F)cc1. The van der Waals surface area contributed by atoms with Crippen molar-refractivity contribution in [3.63, 3.8) is 0 Å². The Bertz CT molecular complexity index is 549. The van der Waals surface area contributed by atoms with Crippen LogP contribution in [0, 0.1) is 0 Å². The Hall–Kier alpha value is -1.57. The van der Waals surface area contributed by atoms with Crippen molar-refractivity contribution in [2.75, 3.05) is 17.8 Å². The first kappa shape index (κ1) is 14.5. The van der Waals surface area contributed by atoms with Crippen molar-refractivity contribution in [2.24, 2.45) is 4.36 Å². The normalized spacial score (nSPS) is 12.1. The number of carbonyl (C=O) groups is 1. The highest BCUT2D eigenvalue weighted by Gasteiger charge is 2.29. The fourth-order valence-electron chi connectivity index (χ4n) is 1.09. The molecule has 0 heterocycles. The van der Waals surface area contributed by atoms with Crippen molar-refractivity contribution in [1.29, 1.82) is 0 Å². The minimum atomic E-state index is -4.42. The van der Waals surface area contributed by atoms with Crippen LogP contribution in [0.5, 0.6) is 0 Å². The van der Waals surface area contributed by atoms with Gasteiger partial charge in [0.25, 0.3) is 0 Å². The number of hydrogen-bond donors (Lipinski definition) is 1. The van der Waals surface area contributed by atoms with Gasteiger partial charge in [-0.3, -0.25) is 0 Å². The molecule has 4 nitrogen and oxygen atoms in total. The summed E-state index contributed by atoms with van der Waals surface area (Å²) < 4.78 is 51.3. The van der Waals surface area contributed by atoms with Crippen LogP contribution >= 0.6 is 0 Å². The Balaban J connectivity index is 2.83. The van der Waals surface area contributed by atoms with Crippen LogP contribution in [-0.4, -0.2) is 22.8 Å². The Labute approximate surface area is 102 Å². The third-order valence-corrected chi connectivity index (χ3v) is 2.37. The molecule has 0 radical (unpaired) electrons. The zero-order valence-corrected chi connectivity index (χ0v) is 10.4. The van der Waals surface area contributed by atoms with E-state index in [0.29, 0.717) is 0 Å². The third kappa shape index (κ3) is 4.74. The van der Waals surface area contributed by atoms with Crippen LogP contribution in [0.4, 0.5) is 23.7 Å². The highest BCUT2D eigenvalue weighted by Crippen LogP contribution is 2.29. The molecule has 8 heteroatoms. The molecule has 18 heavy (non-hydrogen) atoms. The topological polar surface area (TPSA) is 58.5 Å². The number of halogens is 3. The number of anilines is 1. The molecule has 1 rings (SSSR count). The van der Waals surface area contributed by atoms with Crippen molar-refractivity contribution in [3.8, 4) is 0 Å². The van der Waals surface area contributed by atoms with Crippen molar-refractivity contribution in [2.45, 2.75) is 6.18 Å². The predicted octanol–water partition coefficient (Wildman–Crippen LogP) is 2.96. The molecule has 0 atom stereocenters. The summed E-state index contributed by atoms with van der Waals surface area (Å²) in [6, 6.07) is 3.02. The van der Waals surface area contributed by atoms with E-state index in [1.165, 1.54) is 12.5 Å². The van der Waals surface area contributed by atoms with Crippen LogP contribution in [0.15, 0.2) is 28.6 Å². The molecule has 1 N–H and O–H groups in total. The third-order valence-electron chi connectivity index (χ3n) is 1.77. The number of nitrogens with zero attached hydrogens (tertiary/aromatic N) is 1. The molecule has 100 valence electrons. The lowest BCUT2D eigenvalue weighted by Crippen LogP contribution is -2.10. The molecule has 0 aromatic heterocycles. The fraction of sp³-hybridized carbons (Fsp3) is 0.300. The number of alkyl halides is 3. The Morgan fingerprint density at radius 1 is 1.22 bits per heavy atom. The van der Waals surface area contributed by atoms with Crippen LogP contribution in [0.3, 0.4) is 0 Å². The number of urea groups is 1. The summed E-state index contributed by atoms with van der Waals surface area (Å²) in [6.45, 7) is 0. The molecule has 1 aromatic carbocycles. The molecule has 0 saturated carbocycles. The van der Waals surface area contributed by atoms with Crippen molar-refractivity contribution < 1.29 is 22.2 Å². The van der Waals surface area contributed by atoms with Gasteiger partial charge in [0.05, 0.1) is 15.3 Å². The number of carbonyl (C=O) groups excluding carboxylic acids is 1. The van der Waals surface area contributed by atoms with Crippen LogP contribution in [0.25, 0.3) is 0 Å². The van der Waals surface area contributed by atoms with Gasteiger partial charge in [0.1, 0.15) is 0 Å². The van der Waals surface area contributed by atoms with E-state index < -0.39 is 27.5 Å². The fourth-order valence-corrected chi connectivity index (χ4v) is 1.53. The van der Waals surface area contributed by atoms with Gasteiger partial charge < -0.3 is 5.32 Å². The maximum atomic E-state index is 12.3. The summed E-state index contributed by atoms with van der Waals surface area (Å²) in [6.07, 6.45) is -1.87.